The van der Waals surface area contributed by atoms with Crippen LogP contribution in [0.1, 0.15) is 16.1 Å². The number of anilines is 1. The maximum absolute atomic E-state index is 12.1. The van der Waals surface area contributed by atoms with Crippen molar-refractivity contribution in [1.82, 2.24) is 9.88 Å². The number of aryl methyl sites for hydroxylation is 1. The molecule has 0 aromatic carbocycles. The second kappa shape index (κ2) is 5.05. The van der Waals surface area contributed by atoms with E-state index in [1.807, 2.05) is 11.8 Å². The summed E-state index contributed by atoms with van der Waals surface area (Å²) in [6.45, 7) is 5.11. The molecule has 0 unspecified atom stereocenters. The molecular formula is C13H15N3O2S. The number of nitrogens with zero attached hydrogens (tertiary/aromatic N) is 3. The van der Waals surface area contributed by atoms with Crippen LogP contribution in [-0.2, 0) is 0 Å². The lowest BCUT2D eigenvalue weighted by molar-refractivity contribution is 0.0746. The average molecular weight is 277 g/mol. The number of hydrogen-bond donors (Lipinski definition) is 0. The third kappa shape index (κ3) is 2.49. The first-order valence-electron chi connectivity index (χ1n) is 6.22. The Morgan fingerprint density at radius 1 is 1.37 bits per heavy atom. The van der Waals surface area contributed by atoms with Crippen LogP contribution in [0.15, 0.2) is 28.4 Å². The first-order chi connectivity index (χ1) is 9.24. The van der Waals surface area contributed by atoms with Gasteiger partial charge < -0.3 is 14.2 Å². The van der Waals surface area contributed by atoms with Gasteiger partial charge in [0.1, 0.15) is 6.26 Å². The molecule has 2 aromatic heterocycles. The number of hydrogen-bond acceptors (Lipinski definition) is 5. The zero-order valence-corrected chi connectivity index (χ0v) is 11.5. The summed E-state index contributed by atoms with van der Waals surface area (Å²) in [4.78, 5) is 20.7. The van der Waals surface area contributed by atoms with Gasteiger partial charge in [0.25, 0.3) is 5.91 Å². The Bertz CT molecular complexity index is 556. The maximum atomic E-state index is 12.1. The van der Waals surface area contributed by atoms with Crippen LogP contribution < -0.4 is 4.90 Å². The van der Waals surface area contributed by atoms with Crippen LogP contribution in [0.3, 0.4) is 0 Å². The number of aromatic nitrogens is 1. The topological polar surface area (TPSA) is 49.6 Å². The minimum Gasteiger partial charge on any atom is -0.472 e. The van der Waals surface area contributed by atoms with E-state index < -0.39 is 0 Å². The second-order valence-corrected chi connectivity index (χ2v) is 5.40. The van der Waals surface area contributed by atoms with Crippen molar-refractivity contribution in [3.8, 4) is 0 Å². The lowest BCUT2D eigenvalue weighted by Crippen LogP contribution is -2.48. The van der Waals surface area contributed by atoms with E-state index in [2.05, 4.69) is 15.3 Å². The minimum absolute atomic E-state index is 0.0451. The molecule has 6 heteroatoms. The van der Waals surface area contributed by atoms with E-state index in [0.717, 1.165) is 37.0 Å². The first kappa shape index (κ1) is 12.2. The molecule has 0 N–H and O–H groups in total. The van der Waals surface area contributed by atoms with Gasteiger partial charge in [-0.1, -0.05) is 0 Å². The number of carbonyl (C=O) groups is 1. The van der Waals surface area contributed by atoms with Crippen molar-refractivity contribution in [2.45, 2.75) is 6.92 Å². The molecule has 0 atom stereocenters. The van der Waals surface area contributed by atoms with E-state index in [4.69, 9.17) is 4.42 Å². The summed E-state index contributed by atoms with van der Waals surface area (Å²) in [6.07, 6.45) is 3.03. The molecule has 3 heterocycles. The zero-order valence-electron chi connectivity index (χ0n) is 10.7. The molecular weight excluding hydrogens is 262 g/mol. The van der Waals surface area contributed by atoms with Crippen LogP contribution in [0.4, 0.5) is 5.13 Å². The zero-order chi connectivity index (χ0) is 13.2. The summed E-state index contributed by atoms with van der Waals surface area (Å²) < 4.78 is 4.95. The quantitative estimate of drug-likeness (QED) is 0.842. The summed E-state index contributed by atoms with van der Waals surface area (Å²) in [5, 5.41) is 3.10. The number of rotatable bonds is 2. The summed E-state index contributed by atoms with van der Waals surface area (Å²) in [6, 6.07) is 1.71. The van der Waals surface area contributed by atoms with Gasteiger partial charge in [0.05, 0.1) is 17.5 Å². The summed E-state index contributed by atoms with van der Waals surface area (Å²) in [5.41, 5.74) is 1.68. The van der Waals surface area contributed by atoms with E-state index >= 15 is 0 Å². The fourth-order valence-electron chi connectivity index (χ4n) is 2.16. The molecule has 100 valence electrons. The Balaban J connectivity index is 1.62. The predicted molar refractivity (Wildman–Crippen MR) is 73.7 cm³/mol. The Labute approximate surface area is 115 Å². The van der Waals surface area contributed by atoms with E-state index in [-0.39, 0.29) is 5.91 Å². The molecule has 0 radical (unpaired) electrons. The molecule has 5 nitrogen and oxygen atoms in total. The standard InChI is InChI=1S/C13H15N3O2S/c1-10-9-19-13(14-10)16-5-3-15(4-6-16)12(17)11-2-7-18-8-11/h2,7-9H,3-6H2,1H3. The van der Waals surface area contributed by atoms with E-state index in [9.17, 15) is 4.79 Å². The average Bonchev–Trinajstić information content (AvgIpc) is 3.09. The lowest BCUT2D eigenvalue weighted by Gasteiger charge is -2.34. The number of thiazole rings is 1. The van der Waals surface area contributed by atoms with Gasteiger partial charge in [-0.3, -0.25) is 4.79 Å². The Morgan fingerprint density at radius 3 is 2.74 bits per heavy atom. The van der Waals surface area contributed by atoms with Gasteiger partial charge in [-0.15, -0.1) is 11.3 Å². The molecule has 1 aliphatic heterocycles. The third-order valence-corrected chi connectivity index (χ3v) is 4.23. The number of furan rings is 1. The van der Waals surface area contributed by atoms with Crippen molar-refractivity contribution in [3.05, 3.63) is 35.2 Å². The Hall–Kier alpha value is -1.82. The van der Waals surface area contributed by atoms with Crippen molar-refractivity contribution in [1.29, 1.82) is 0 Å². The van der Waals surface area contributed by atoms with E-state index in [1.54, 1.807) is 17.4 Å². The first-order valence-corrected chi connectivity index (χ1v) is 7.10. The molecule has 0 spiro atoms. The van der Waals surface area contributed by atoms with Crippen LogP contribution in [0.2, 0.25) is 0 Å². The van der Waals surface area contributed by atoms with Gasteiger partial charge in [-0.2, -0.15) is 0 Å². The number of carbonyl (C=O) groups excluding carboxylic acids is 1. The monoisotopic (exact) mass is 277 g/mol. The van der Waals surface area contributed by atoms with Gasteiger partial charge in [-0.05, 0) is 13.0 Å². The molecule has 0 saturated carbocycles. The molecule has 2 aromatic rings. The fourth-order valence-corrected chi connectivity index (χ4v) is 3.01. The van der Waals surface area contributed by atoms with Crippen LogP contribution in [0, 0.1) is 6.92 Å². The Kier molecular flexibility index (Phi) is 3.25. The van der Waals surface area contributed by atoms with Crippen LogP contribution in [-0.4, -0.2) is 42.0 Å². The van der Waals surface area contributed by atoms with Crippen molar-refractivity contribution < 1.29 is 9.21 Å². The van der Waals surface area contributed by atoms with Crippen LogP contribution in [0.25, 0.3) is 0 Å². The summed E-state index contributed by atoms with van der Waals surface area (Å²) >= 11 is 1.66. The van der Waals surface area contributed by atoms with Crippen molar-refractivity contribution in [3.63, 3.8) is 0 Å². The highest BCUT2D eigenvalue weighted by Crippen LogP contribution is 2.21. The van der Waals surface area contributed by atoms with Gasteiger partial charge in [0.15, 0.2) is 5.13 Å². The SMILES string of the molecule is Cc1csc(N2CCN(C(=O)c3ccoc3)CC2)n1. The second-order valence-electron chi connectivity index (χ2n) is 4.56. The molecule has 0 bridgehead atoms. The summed E-state index contributed by atoms with van der Waals surface area (Å²) in [7, 11) is 0. The molecule has 0 aliphatic carbocycles. The van der Waals surface area contributed by atoms with Crippen molar-refractivity contribution >= 4 is 22.4 Å². The lowest BCUT2D eigenvalue weighted by atomic mass is 10.2. The molecule has 1 fully saturated rings. The molecule has 1 aliphatic rings. The van der Waals surface area contributed by atoms with Crippen LogP contribution >= 0.6 is 11.3 Å². The van der Waals surface area contributed by atoms with E-state index in [1.165, 1.54) is 12.5 Å². The smallest absolute Gasteiger partial charge is 0.257 e. The van der Waals surface area contributed by atoms with Gasteiger partial charge in [0.2, 0.25) is 0 Å². The maximum Gasteiger partial charge on any atom is 0.257 e. The molecule has 1 saturated heterocycles. The fraction of sp³-hybridized carbons (Fsp3) is 0.385. The van der Waals surface area contributed by atoms with Crippen molar-refractivity contribution in [2.24, 2.45) is 0 Å². The molecule has 1 amide bonds. The highest BCUT2D eigenvalue weighted by molar-refractivity contribution is 7.13. The van der Waals surface area contributed by atoms with E-state index in [0.29, 0.717) is 5.56 Å². The summed E-state index contributed by atoms with van der Waals surface area (Å²) in [5.74, 6) is 0.0451. The highest BCUT2D eigenvalue weighted by atomic mass is 32.1. The molecule has 3 rings (SSSR count). The number of piperazine rings is 1. The van der Waals surface area contributed by atoms with Gasteiger partial charge in [0, 0.05) is 31.6 Å². The number of amides is 1. The highest BCUT2D eigenvalue weighted by Gasteiger charge is 2.23. The van der Waals surface area contributed by atoms with Crippen LogP contribution in [0.5, 0.6) is 0 Å². The Morgan fingerprint density at radius 2 is 2.16 bits per heavy atom. The van der Waals surface area contributed by atoms with Gasteiger partial charge in [-0.25, -0.2) is 4.98 Å². The molecule has 19 heavy (non-hydrogen) atoms. The third-order valence-electron chi connectivity index (χ3n) is 3.21. The van der Waals surface area contributed by atoms with Crippen molar-refractivity contribution in [2.75, 3.05) is 31.1 Å². The normalized spacial score (nSPS) is 15.8. The van der Waals surface area contributed by atoms with Gasteiger partial charge >= 0.3 is 0 Å². The minimum atomic E-state index is 0.0451. The largest absolute Gasteiger partial charge is 0.472 e. The predicted octanol–water partition coefficient (Wildman–Crippen LogP) is 2.01.